The molecule has 224 valence electrons. The van der Waals surface area contributed by atoms with E-state index in [0.717, 1.165) is 49.4 Å². The van der Waals surface area contributed by atoms with Crippen molar-refractivity contribution in [1.29, 1.82) is 0 Å². The fourth-order valence-corrected chi connectivity index (χ4v) is 6.38. The number of carboxylic acids is 1. The van der Waals surface area contributed by atoms with Crippen molar-refractivity contribution >= 4 is 51.4 Å². The van der Waals surface area contributed by atoms with Gasteiger partial charge in [0.15, 0.2) is 0 Å². The lowest BCUT2D eigenvalue weighted by Crippen LogP contribution is -2.57. The summed E-state index contributed by atoms with van der Waals surface area (Å²) in [7, 11) is 4.13. The number of aromatic nitrogens is 3. The van der Waals surface area contributed by atoms with Crippen LogP contribution in [0.15, 0.2) is 53.8 Å². The van der Waals surface area contributed by atoms with Gasteiger partial charge in [-0.3, -0.25) is 9.78 Å². The van der Waals surface area contributed by atoms with Crippen LogP contribution in [0.2, 0.25) is 10.0 Å². The highest BCUT2D eigenvalue weighted by Gasteiger charge is 2.31. The van der Waals surface area contributed by atoms with Crippen LogP contribution in [0.1, 0.15) is 28.8 Å². The topological polar surface area (TPSA) is 104 Å². The lowest BCUT2D eigenvalue weighted by Gasteiger charge is -2.44. The smallest absolute Gasteiger partial charge is 0.341 e. The zero-order valence-corrected chi connectivity index (χ0v) is 25.6. The highest BCUT2D eigenvalue weighted by Crippen LogP contribution is 2.37. The highest BCUT2D eigenvalue weighted by molar-refractivity contribution is 6.34. The van der Waals surface area contributed by atoms with Gasteiger partial charge in [-0.25, -0.2) is 9.78 Å². The quantitative estimate of drug-likeness (QED) is 0.294. The molecule has 43 heavy (non-hydrogen) atoms. The van der Waals surface area contributed by atoms with E-state index in [1.807, 2.05) is 19.2 Å². The first-order chi connectivity index (χ1) is 20.6. The zero-order valence-electron chi connectivity index (χ0n) is 24.1. The van der Waals surface area contributed by atoms with Crippen LogP contribution < -0.4 is 20.0 Å². The minimum Gasteiger partial charge on any atom is -0.477 e. The van der Waals surface area contributed by atoms with Crippen molar-refractivity contribution in [3.8, 4) is 11.6 Å². The van der Waals surface area contributed by atoms with Crippen LogP contribution in [0, 0.1) is 6.92 Å². The van der Waals surface area contributed by atoms with E-state index < -0.39 is 11.4 Å². The van der Waals surface area contributed by atoms with Crippen LogP contribution in [0.5, 0.6) is 5.88 Å². The van der Waals surface area contributed by atoms with Crippen molar-refractivity contribution in [1.82, 2.24) is 19.4 Å². The van der Waals surface area contributed by atoms with Crippen LogP contribution in [-0.2, 0) is 0 Å². The summed E-state index contributed by atoms with van der Waals surface area (Å²) in [5.74, 6) is -0.929. The summed E-state index contributed by atoms with van der Waals surface area (Å²) in [4.78, 5) is 40.9. The van der Waals surface area contributed by atoms with Crippen LogP contribution in [-0.4, -0.2) is 82.9 Å². The van der Waals surface area contributed by atoms with Gasteiger partial charge in [0.1, 0.15) is 17.2 Å². The molecule has 12 heteroatoms. The van der Waals surface area contributed by atoms with Crippen LogP contribution in [0.3, 0.4) is 0 Å². The minimum absolute atomic E-state index is 0.00530. The second-order valence-corrected chi connectivity index (χ2v) is 12.1. The third-order valence-corrected chi connectivity index (χ3v) is 9.07. The summed E-state index contributed by atoms with van der Waals surface area (Å²) >= 11 is 13.1. The molecule has 0 unspecified atom stereocenters. The molecule has 0 bridgehead atoms. The number of hydrogen-bond donors (Lipinski definition) is 1. The van der Waals surface area contributed by atoms with E-state index in [-0.39, 0.29) is 17.0 Å². The molecular formula is C31H32Cl2N6O4. The van der Waals surface area contributed by atoms with Crippen LogP contribution >= 0.6 is 23.2 Å². The third kappa shape index (κ3) is 5.39. The van der Waals surface area contributed by atoms with E-state index in [0.29, 0.717) is 39.8 Å². The van der Waals surface area contributed by atoms with Gasteiger partial charge in [0.05, 0.1) is 46.0 Å². The monoisotopic (exact) mass is 622 g/mol. The molecule has 0 radical (unpaired) electrons. The summed E-state index contributed by atoms with van der Waals surface area (Å²) in [6.07, 6.45) is 8.36. The summed E-state index contributed by atoms with van der Waals surface area (Å²) in [5.41, 5.74) is 2.96. The fourth-order valence-electron chi connectivity index (χ4n) is 5.93. The number of anilines is 2. The molecular weight excluding hydrogens is 591 g/mol. The number of carboxylic acid groups (broad SMARTS) is 1. The second-order valence-electron chi connectivity index (χ2n) is 11.3. The Bertz CT molecular complexity index is 1770. The van der Waals surface area contributed by atoms with Gasteiger partial charge in [-0.05, 0) is 63.7 Å². The average molecular weight is 624 g/mol. The third-order valence-electron chi connectivity index (χ3n) is 8.48. The van der Waals surface area contributed by atoms with Crippen molar-refractivity contribution in [3.63, 3.8) is 0 Å². The van der Waals surface area contributed by atoms with Gasteiger partial charge >= 0.3 is 5.97 Å². The van der Waals surface area contributed by atoms with E-state index in [1.54, 1.807) is 35.2 Å². The molecule has 2 fully saturated rings. The van der Waals surface area contributed by atoms with Gasteiger partial charge in [-0.1, -0.05) is 23.2 Å². The van der Waals surface area contributed by atoms with E-state index in [9.17, 15) is 14.7 Å². The van der Waals surface area contributed by atoms with Gasteiger partial charge in [-0.2, -0.15) is 0 Å². The molecule has 0 amide bonds. The summed E-state index contributed by atoms with van der Waals surface area (Å²) in [6, 6.07) is 7.37. The highest BCUT2D eigenvalue weighted by atomic mass is 35.5. The van der Waals surface area contributed by atoms with Gasteiger partial charge in [0, 0.05) is 43.5 Å². The molecule has 1 N–H and O–H groups in total. The molecule has 6 rings (SSSR count). The number of halogens is 2. The Labute approximate surface area is 259 Å². The predicted molar refractivity (Wildman–Crippen MR) is 169 cm³/mol. The number of likely N-dealkylation sites (N-methyl/N-ethyl adjacent to an activating group) is 1. The SMILES string of the molecule is Cc1c(N2CC(N(C)C)C2)cncc1-n1cc(C(=O)O)c(=O)c2cc(Cl)c(N3CCC[C@@H]3COc3ncccc3Cl)cc21. The second kappa shape index (κ2) is 11.7. The Morgan fingerprint density at radius 2 is 1.91 bits per heavy atom. The number of ether oxygens (including phenoxy) is 1. The molecule has 0 aliphatic carbocycles. The van der Waals surface area contributed by atoms with Crippen LogP contribution in [0.4, 0.5) is 11.4 Å². The summed E-state index contributed by atoms with van der Waals surface area (Å²) in [6.45, 7) is 4.82. The molecule has 1 atom stereocenters. The fraction of sp³-hybridized carbons (Fsp3) is 0.355. The Morgan fingerprint density at radius 1 is 1.14 bits per heavy atom. The van der Waals surface area contributed by atoms with Crippen molar-refractivity contribution in [2.24, 2.45) is 0 Å². The Morgan fingerprint density at radius 3 is 2.63 bits per heavy atom. The maximum absolute atomic E-state index is 13.4. The number of hydrogen-bond acceptors (Lipinski definition) is 8. The molecule has 0 saturated carbocycles. The maximum Gasteiger partial charge on any atom is 0.341 e. The number of benzene rings is 1. The first-order valence-corrected chi connectivity index (χ1v) is 14.9. The van der Waals surface area contributed by atoms with Crippen molar-refractivity contribution in [3.05, 3.63) is 80.4 Å². The number of pyridine rings is 3. The molecule has 2 saturated heterocycles. The maximum atomic E-state index is 13.4. The molecule has 2 aliphatic heterocycles. The van der Waals surface area contributed by atoms with Crippen molar-refractivity contribution in [2.45, 2.75) is 31.8 Å². The van der Waals surface area contributed by atoms with Gasteiger partial charge < -0.3 is 29.1 Å². The molecule has 4 aromatic rings. The van der Waals surface area contributed by atoms with E-state index in [1.165, 1.54) is 6.20 Å². The number of carbonyl (C=O) groups is 1. The van der Waals surface area contributed by atoms with Crippen molar-refractivity contribution < 1.29 is 14.6 Å². The lowest BCUT2D eigenvalue weighted by atomic mass is 10.0. The van der Waals surface area contributed by atoms with E-state index in [2.05, 4.69) is 38.8 Å². The normalized spacial score (nSPS) is 17.1. The largest absolute Gasteiger partial charge is 0.477 e. The number of aromatic carboxylic acids is 1. The van der Waals surface area contributed by atoms with Crippen molar-refractivity contribution in [2.75, 3.05) is 50.1 Å². The first kappa shape index (κ1) is 29.2. The van der Waals surface area contributed by atoms with E-state index >= 15 is 0 Å². The van der Waals surface area contributed by atoms with Gasteiger partial charge in [0.25, 0.3) is 0 Å². The Hall–Kier alpha value is -3.86. The summed E-state index contributed by atoms with van der Waals surface area (Å²) < 4.78 is 7.73. The van der Waals surface area contributed by atoms with Gasteiger partial charge in [0.2, 0.25) is 11.3 Å². The molecule has 2 aliphatic rings. The first-order valence-electron chi connectivity index (χ1n) is 14.1. The number of rotatable bonds is 8. The molecule has 10 nitrogen and oxygen atoms in total. The average Bonchev–Trinajstić information content (AvgIpc) is 3.41. The lowest BCUT2D eigenvalue weighted by molar-refractivity contribution is 0.0695. The number of nitrogens with zero attached hydrogens (tertiary/aromatic N) is 6. The summed E-state index contributed by atoms with van der Waals surface area (Å²) in [5, 5.41) is 11.0. The Kier molecular flexibility index (Phi) is 7.93. The van der Waals surface area contributed by atoms with Crippen LogP contribution in [0.25, 0.3) is 16.6 Å². The molecule has 3 aromatic heterocycles. The standard InChI is InChI=1S/C31H32Cl2N6O4/c1-18-27(37-14-20(15-37)36(2)3)12-34-13-28(18)39-16-22(31(41)42)29(40)21-10-24(33)26(11-25(21)39)38-9-5-6-19(38)17-43-30-23(32)7-4-8-35-30/h4,7-8,10-13,16,19-20H,5-6,9,14-15,17H2,1-3H3,(H,41,42)/t19-/m1/s1. The Balaban J connectivity index is 1.43. The van der Waals surface area contributed by atoms with Gasteiger partial charge in [-0.15, -0.1) is 0 Å². The minimum atomic E-state index is -1.30. The molecule has 0 spiro atoms. The zero-order chi connectivity index (χ0) is 30.4. The van der Waals surface area contributed by atoms with E-state index in [4.69, 9.17) is 27.9 Å². The molecule has 5 heterocycles. The predicted octanol–water partition coefficient (Wildman–Crippen LogP) is 4.89. The number of fused-ring (bicyclic) bond motifs is 1. The molecule has 1 aromatic carbocycles.